The Balaban J connectivity index is 1.62. The van der Waals surface area contributed by atoms with Crippen LogP contribution < -0.4 is 5.32 Å². The molecule has 0 amide bonds. The van der Waals surface area contributed by atoms with Crippen molar-refractivity contribution in [2.45, 2.75) is 12.8 Å². The smallest absolute Gasteiger partial charge is 0.0465 e. The number of nitrogens with one attached hydrogen (secondary N) is 2. The van der Waals surface area contributed by atoms with Crippen molar-refractivity contribution in [2.24, 2.45) is 0 Å². The quantitative estimate of drug-likeness (QED) is 0.517. The van der Waals surface area contributed by atoms with E-state index in [1.54, 1.807) is 0 Å². The van der Waals surface area contributed by atoms with Crippen LogP contribution in [0.5, 0.6) is 0 Å². The van der Waals surface area contributed by atoms with Gasteiger partial charge in [-0.05, 0) is 46.8 Å². The predicted molar refractivity (Wildman–Crippen MR) is 109 cm³/mol. The van der Waals surface area contributed by atoms with Gasteiger partial charge >= 0.3 is 0 Å². The molecule has 0 unspecified atom stereocenters. The van der Waals surface area contributed by atoms with Gasteiger partial charge in [0.2, 0.25) is 0 Å². The molecule has 2 heterocycles. The van der Waals surface area contributed by atoms with E-state index in [0.29, 0.717) is 0 Å². The second-order valence-corrected chi connectivity index (χ2v) is 7.00. The fourth-order valence-corrected chi connectivity index (χ4v) is 4.12. The molecule has 0 saturated heterocycles. The molecule has 1 aliphatic rings. The van der Waals surface area contributed by atoms with Crippen LogP contribution in [0.3, 0.4) is 0 Å². The van der Waals surface area contributed by atoms with E-state index >= 15 is 0 Å². The fraction of sp³-hybridized carbons (Fsp3) is 0.167. The number of hydrogen-bond donors (Lipinski definition) is 2. The van der Waals surface area contributed by atoms with Gasteiger partial charge in [0.1, 0.15) is 0 Å². The van der Waals surface area contributed by atoms with Crippen molar-refractivity contribution >= 4 is 10.9 Å². The Bertz CT molecular complexity index is 1040. The second-order valence-electron chi connectivity index (χ2n) is 7.00. The van der Waals surface area contributed by atoms with E-state index in [2.05, 4.69) is 83.1 Å². The maximum absolute atomic E-state index is 3.66. The van der Waals surface area contributed by atoms with E-state index in [0.717, 1.165) is 25.9 Å². The third-order valence-corrected chi connectivity index (χ3v) is 5.42. The third kappa shape index (κ3) is 2.63. The number of benzene rings is 3. The van der Waals surface area contributed by atoms with Crippen LogP contribution in [0.15, 0.2) is 72.8 Å². The molecule has 0 bridgehead atoms. The first kappa shape index (κ1) is 15.4. The first-order valence-corrected chi connectivity index (χ1v) is 9.39. The van der Waals surface area contributed by atoms with Crippen molar-refractivity contribution in [3.8, 4) is 22.3 Å². The number of rotatable bonds is 2. The van der Waals surface area contributed by atoms with Crippen molar-refractivity contribution in [1.29, 1.82) is 0 Å². The summed E-state index contributed by atoms with van der Waals surface area (Å²) in [6.07, 6.45) is 2.17. The summed E-state index contributed by atoms with van der Waals surface area (Å²) in [5.41, 5.74) is 9.31. The molecule has 0 spiro atoms. The van der Waals surface area contributed by atoms with Gasteiger partial charge in [-0.15, -0.1) is 0 Å². The number of aromatic amines is 1. The lowest BCUT2D eigenvalue weighted by molar-refractivity contribution is 0.708. The van der Waals surface area contributed by atoms with Crippen LogP contribution in [0.25, 0.3) is 33.2 Å². The van der Waals surface area contributed by atoms with Crippen LogP contribution in [-0.4, -0.2) is 18.1 Å². The molecule has 128 valence electrons. The van der Waals surface area contributed by atoms with Gasteiger partial charge in [0.05, 0.1) is 0 Å². The summed E-state index contributed by atoms with van der Waals surface area (Å²) >= 11 is 0. The molecule has 5 rings (SSSR count). The highest BCUT2D eigenvalue weighted by molar-refractivity contribution is 5.98. The summed E-state index contributed by atoms with van der Waals surface area (Å²) in [6, 6.07) is 26.2. The van der Waals surface area contributed by atoms with E-state index < -0.39 is 0 Å². The molecule has 1 aliphatic heterocycles. The van der Waals surface area contributed by atoms with Crippen LogP contribution in [0.4, 0.5) is 0 Å². The molecule has 0 aliphatic carbocycles. The minimum atomic E-state index is 1.06. The molecule has 1 aromatic heterocycles. The average Bonchev–Trinajstić information content (AvgIpc) is 2.90. The molecule has 2 N–H and O–H groups in total. The van der Waals surface area contributed by atoms with Crippen LogP contribution in [0.1, 0.15) is 11.3 Å². The van der Waals surface area contributed by atoms with Crippen LogP contribution in [0, 0.1) is 0 Å². The van der Waals surface area contributed by atoms with Gasteiger partial charge in [-0.3, -0.25) is 0 Å². The standard InChI is InChI=1S/C24H22N2/c1-2-5-17(6-3-1)18-9-11-19(12-10-18)20-7-4-8-23-24(20)21-13-15-25-16-14-22(21)26-23/h1-12,25-26H,13-16H2. The Morgan fingerprint density at radius 2 is 1.35 bits per heavy atom. The number of fused-ring (bicyclic) bond motifs is 3. The topological polar surface area (TPSA) is 27.8 Å². The van der Waals surface area contributed by atoms with E-state index in [9.17, 15) is 0 Å². The maximum atomic E-state index is 3.66. The molecule has 26 heavy (non-hydrogen) atoms. The highest BCUT2D eigenvalue weighted by Crippen LogP contribution is 2.35. The van der Waals surface area contributed by atoms with E-state index in [-0.39, 0.29) is 0 Å². The van der Waals surface area contributed by atoms with Gasteiger partial charge in [0, 0.05) is 29.6 Å². The van der Waals surface area contributed by atoms with Crippen LogP contribution in [0.2, 0.25) is 0 Å². The lowest BCUT2D eigenvalue weighted by Gasteiger charge is -2.08. The average molecular weight is 338 g/mol. The first-order valence-electron chi connectivity index (χ1n) is 9.39. The summed E-state index contributed by atoms with van der Waals surface area (Å²) in [5, 5.41) is 4.91. The van der Waals surface area contributed by atoms with Gasteiger partial charge in [0.25, 0.3) is 0 Å². The number of aromatic nitrogens is 1. The highest BCUT2D eigenvalue weighted by Gasteiger charge is 2.17. The molecule has 0 saturated carbocycles. The van der Waals surface area contributed by atoms with Crippen molar-refractivity contribution in [1.82, 2.24) is 10.3 Å². The Hall–Kier alpha value is -2.84. The first-order chi connectivity index (χ1) is 12.9. The zero-order valence-corrected chi connectivity index (χ0v) is 14.8. The molecule has 3 aromatic carbocycles. The maximum Gasteiger partial charge on any atom is 0.0465 e. The molecular formula is C24H22N2. The zero-order valence-electron chi connectivity index (χ0n) is 14.8. The van der Waals surface area contributed by atoms with Crippen molar-refractivity contribution in [2.75, 3.05) is 13.1 Å². The number of H-pyrrole nitrogens is 1. The lowest BCUT2D eigenvalue weighted by Crippen LogP contribution is -2.16. The Labute approximate surface area is 153 Å². The third-order valence-electron chi connectivity index (χ3n) is 5.42. The molecular weight excluding hydrogens is 316 g/mol. The van der Waals surface area contributed by atoms with E-state index in [1.165, 1.54) is 44.4 Å². The minimum Gasteiger partial charge on any atom is -0.358 e. The van der Waals surface area contributed by atoms with Crippen molar-refractivity contribution < 1.29 is 0 Å². The Morgan fingerprint density at radius 3 is 2.19 bits per heavy atom. The van der Waals surface area contributed by atoms with Gasteiger partial charge in [0.15, 0.2) is 0 Å². The molecule has 2 heteroatoms. The summed E-state index contributed by atoms with van der Waals surface area (Å²) in [6.45, 7) is 2.11. The van der Waals surface area contributed by atoms with Crippen LogP contribution in [-0.2, 0) is 12.8 Å². The SMILES string of the molecule is c1ccc(-c2ccc(-c3cccc4[nH]c5c(c34)CCNCC5)cc2)cc1. The van der Waals surface area contributed by atoms with Gasteiger partial charge in [-0.25, -0.2) is 0 Å². The molecule has 4 aromatic rings. The molecule has 2 nitrogen and oxygen atoms in total. The van der Waals surface area contributed by atoms with E-state index in [1.807, 2.05) is 0 Å². The Morgan fingerprint density at radius 1 is 0.615 bits per heavy atom. The van der Waals surface area contributed by atoms with Gasteiger partial charge < -0.3 is 10.3 Å². The summed E-state index contributed by atoms with van der Waals surface area (Å²) in [5.74, 6) is 0. The van der Waals surface area contributed by atoms with Crippen LogP contribution >= 0.6 is 0 Å². The summed E-state index contributed by atoms with van der Waals surface area (Å²) < 4.78 is 0. The monoisotopic (exact) mass is 338 g/mol. The highest BCUT2D eigenvalue weighted by atomic mass is 14.9. The van der Waals surface area contributed by atoms with E-state index in [4.69, 9.17) is 0 Å². The zero-order chi connectivity index (χ0) is 17.3. The normalized spacial score (nSPS) is 14.2. The molecule has 0 radical (unpaired) electrons. The van der Waals surface area contributed by atoms with Gasteiger partial charge in [-0.1, -0.05) is 66.7 Å². The van der Waals surface area contributed by atoms with Crippen molar-refractivity contribution in [3.63, 3.8) is 0 Å². The van der Waals surface area contributed by atoms with Crippen molar-refractivity contribution in [3.05, 3.63) is 84.1 Å². The summed E-state index contributed by atoms with van der Waals surface area (Å²) in [7, 11) is 0. The second kappa shape index (κ2) is 6.47. The molecule has 0 atom stereocenters. The Kier molecular flexibility index (Phi) is 3.84. The largest absolute Gasteiger partial charge is 0.358 e. The minimum absolute atomic E-state index is 1.06. The van der Waals surface area contributed by atoms with Gasteiger partial charge in [-0.2, -0.15) is 0 Å². The predicted octanol–water partition coefficient (Wildman–Crippen LogP) is 5.19. The lowest BCUT2D eigenvalue weighted by atomic mass is 9.95. The fourth-order valence-electron chi connectivity index (χ4n) is 4.12. The summed E-state index contributed by atoms with van der Waals surface area (Å²) in [4.78, 5) is 3.66. The number of hydrogen-bond acceptors (Lipinski definition) is 1. The molecule has 0 fully saturated rings.